The lowest BCUT2D eigenvalue weighted by Crippen LogP contribution is -2.34. The van der Waals surface area contributed by atoms with Crippen LogP contribution in [0.1, 0.15) is 21.6 Å². The van der Waals surface area contributed by atoms with E-state index >= 15 is 0 Å². The van der Waals surface area contributed by atoms with Crippen LogP contribution in [0.25, 0.3) is 0 Å². The van der Waals surface area contributed by atoms with Gasteiger partial charge in [0.2, 0.25) is 5.91 Å². The largest absolute Gasteiger partial charge is 0.350 e. The average molecular weight is 376 g/mol. The van der Waals surface area contributed by atoms with E-state index in [0.717, 1.165) is 5.56 Å². The number of benzene rings is 1. The maximum absolute atomic E-state index is 12.7. The van der Waals surface area contributed by atoms with E-state index < -0.39 is 5.56 Å². The molecule has 2 N–H and O–H groups in total. The molecule has 3 rings (SSSR count). The Morgan fingerprint density at radius 1 is 1.04 bits per heavy atom. The van der Waals surface area contributed by atoms with E-state index in [0.29, 0.717) is 17.8 Å². The van der Waals surface area contributed by atoms with Crippen molar-refractivity contribution in [2.24, 2.45) is 0 Å². The molecule has 0 fully saturated rings. The van der Waals surface area contributed by atoms with Crippen LogP contribution in [0.15, 0.2) is 71.8 Å². The fourth-order valence-electron chi connectivity index (χ4n) is 2.65. The number of carbonyl (C=O) groups excluding carboxylic acids is 2. The first-order valence-electron chi connectivity index (χ1n) is 8.77. The first-order valence-corrected chi connectivity index (χ1v) is 8.77. The summed E-state index contributed by atoms with van der Waals surface area (Å²) in [6.07, 6.45) is 3.32. The number of aryl methyl sites for hydroxylation is 1. The van der Waals surface area contributed by atoms with Crippen LogP contribution in [0.5, 0.6) is 0 Å². The van der Waals surface area contributed by atoms with Crippen LogP contribution in [-0.2, 0) is 17.9 Å². The van der Waals surface area contributed by atoms with Gasteiger partial charge in [0.05, 0.1) is 0 Å². The van der Waals surface area contributed by atoms with Gasteiger partial charge in [-0.15, -0.1) is 0 Å². The van der Waals surface area contributed by atoms with Crippen LogP contribution >= 0.6 is 0 Å². The van der Waals surface area contributed by atoms with E-state index in [-0.39, 0.29) is 24.0 Å². The van der Waals surface area contributed by atoms with Gasteiger partial charge in [-0.05, 0) is 42.8 Å². The third-order valence-corrected chi connectivity index (χ3v) is 4.19. The van der Waals surface area contributed by atoms with Gasteiger partial charge in [-0.2, -0.15) is 0 Å². The molecule has 142 valence electrons. The lowest BCUT2D eigenvalue weighted by molar-refractivity contribution is -0.121. The van der Waals surface area contributed by atoms with Crippen LogP contribution in [0.4, 0.5) is 5.69 Å². The second-order valence-electron chi connectivity index (χ2n) is 6.24. The first-order chi connectivity index (χ1) is 13.5. The van der Waals surface area contributed by atoms with Gasteiger partial charge in [0.25, 0.3) is 11.5 Å². The monoisotopic (exact) mass is 376 g/mol. The highest BCUT2D eigenvalue weighted by Crippen LogP contribution is 2.07. The number of hydrogen-bond acceptors (Lipinski definition) is 4. The minimum atomic E-state index is -0.430. The summed E-state index contributed by atoms with van der Waals surface area (Å²) in [5, 5.41) is 5.37. The number of aromatic nitrogens is 2. The molecule has 0 spiro atoms. The fourth-order valence-corrected chi connectivity index (χ4v) is 2.65. The van der Waals surface area contributed by atoms with Crippen LogP contribution < -0.4 is 16.2 Å². The highest BCUT2D eigenvalue weighted by Gasteiger charge is 2.13. The number of hydrogen-bond donors (Lipinski definition) is 2. The van der Waals surface area contributed by atoms with Gasteiger partial charge in [0.1, 0.15) is 12.2 Å². The standard InChI is InChI=1S/C21H20N4O3/c1-15-9-10-18(24-20(27)17-7-3-2-4-8-17)21(28)25(15)14-19(26)23-13-16-6-5-11-22-12-16/h2-12H,13-14H2,1H3,(H,23,26)(H,24,27). The average Bonchev–Trinajstić information content (AvgIpc) is 2.73. The zero-order chi connectivity index (χ0) is 19.9. The van der Waals surface area contributed by atoms with Crippen molar-refractivity contribution < 1.29 is 9.59 Å². The van der Waals surface area contributed by atoms with Gasteiger partial charge in [-0.25, -0.2) is 0 Å². The second kappa shape index (κ2) is 8.77. The van der Waals surface area contributed by atoms with Gasteiger partial charge in [-0.1, -0.05) is 24.3 Å². The number of pyridine rings is 2. The van der Waals surface area contributed by atoms with Gasteiger partial charge in [0.15, 0.2) is 0 Å². The topological polar surface area (TPSA) is 93.1 Å². The van der Waals surface area contributed by atoms with Crippen molar-refractivity contribution in [3.05, 3.63) is 94.2 Å². The van der Waals surface area contributed by atoms with Crippen molar-refractivity contribution in [3.63, 3.8) is 0 Å². The Hall–Kier alpha value is -3.74. The molecule has 0 aliphatic heterocycles. The molecular weight excluding hydrogens is 356 g/mol. The number of rotatable bonds is 6. The number of anilines is 1. The third kappa shape index (κ3) is 4.70. The summed E-state index contributed by atoms with van der Waals surface area (Å²) in [6.45, 7) is 1.92. The summed E-state index contributed by atoms with van der Waals surface area (Å²) in [5.41, 5.74) is 1.63. The predicted molar refractivity (Wildman–Crippen MR) is 106 cm³/mol. The zero-order valence-corrected chi connectivity index (χ0v) is 15.4. The Morgan fingerprint density at radius 2 is 1.82 bits per heavy atom. The van der Waals surface area contributed by atoms with Crippen LogP contribution in [0.3, 0.4) is 0 Å². The molecule has 7 heteroatoms. The molecule has 0 unspecified atom stereocenters. The summed E-state index contributed by atoms with van der Waals surface area (Å²) in [5.74, 6) is -0.685. The molecule has 0 aliphatic rings. The molecule has 0 bridgehead atoms. The van der Waals surface area contributed by atoms with Crippen LogP contribution in [-0.4, -0.2) is 21.4 Å². The van der Waals surface area contributed by atoms with Crippen molar-refractivity contribution in [2.75, 3.05) is 5.32 Å². The molecule has 2 amide bonds. The van der Waals surface area contributed by atoms with Crippen molar-refractivity contribution >= 4 is 17.5 Å². The third-order valence-electron chi connectivity index (χ3n) is 4.19. The molecule has 1 aromatic carbocycles. The van der Waals surface area contributed by atoms with E-state index in [1.807, 2.05) is 6.07 Å². The summed E-state index contributed by atoms with van der Waals surface area (Å²) < 4.78 is 1.33. The fraction of sp³-hybridized carbons (Fsp3) is 0.143. The minimum Gasteiger partial charge on any atom is -0.350 e. The van der Waals surface area contributed by atoms with E-state index in [4.69, 9.17) is 0 Å². The molecule has 0 atom stereocenters. The SMILES string of the molecule is Cc1ccc(NC(=O)c2ccccc2)c(=O)n1CC(=O)NCc1cccnc1. The van der Waals surface area contributed by atoms with Crippen molar-refractivity contribution in [1.29, 1.82) is 0 Å². The summed E-state index contributed by atoms with van der Waals surface area (Å²) >= 11 is 0. The van der Waals surface area contributed by atoms with Crippen LogP contribution in [0.2, 0.25) is 0 Å². The number of nitrogens with one attached hydrogen (secondary N) is 2. The van der Waals surface area contributed by atoms with E-state index in [1.165, 1.54) is 4.57 Å². The molecule has 2 heterocycles. The molecule has 0 aliphatic carbocycles. The number of nitrogens with zero attached hydrogens (tertiary/aromatic N) is 2. The van der Waals surface area contributed by atoms with E-state index in [1.54, 1.807) is 67.8 Å². The highest BCUT2D eigenvalue weighted by atomic mass is 16.2. The van der Waals surface area contributed by atoms with Gasteiger partial charge in [0, 0.05) is 30.2 Å². The maximum Gasteiger partial charge on any atom is 0.274 e. The number of carbonyl (C=O) groups is 2. The van der Waals surface area contributed by atoms with Gasteiger partial charge < -0.3 is 15.2 Å². The number of amides is 2. The first kappa shape index (κ1) is 19.0. The summed E-state index contributed by atoms with van der Waals surface area (Å²) in [6, 6.07) is 15.5. The Labute approximate surface area is 162 Å². The zero-order valence-electron chi connectivity index (χ0n) is 15.4. The van der Waals surface area contributed by atoms with Crippen molar-refractivity contribution in [2.45, 2.75) is 20.0 Å². The molecule has 28 heavy (non-hydrogen) atoms. The van der Waals surface area contributed by atoms with E-state index in [9.17, 15) is 14.4 Å². The predicted octanol–water partition coefficient (Wildman–Crippen LogP) is 2.12. The summed E-state index contributed by atoms with van der Waals surface area (Å²) in [4.78, 5) is 41.3. The molecule has 0 saturated heterocycles. The van der Waals surface area contributed by atoms with E-state index in [2.05, 4.69) is 15.6 Å². The lowest BCUT2D eigenvalue weighted by Gasteiger charge is -2.13. The Kier molecular flexibility index (Phi) is 5.96. The smallest absolute Gasteiger partial charge is 0.274 e. The molecule has 0 radical (unpaired) electrons. The highest BCUT2D eigenvalue weighted by molar-refractivity contribution is 6.04. The summed E-state index contributed by atoms with van der Waals surface area (Å²) in [7, 11) is 0. The molecule has 0 saturated carbocycles. The Balaban J connectivity index is 1.71. The van der Waals surface area contributed by atoms with Crippen molar-refractivity contribution in [1.82, 2.24) is 14.9 Å². The Morgan fingerprint density at radius 3 is 2.54 bits per heavy atom. The molecular formula is C21H20N4O3. The van der Waals surface area contributed by atoms with Gasteiger partial charge >= 0.3 is 0 Å². The normalized spacial score (nSPS) is 10.3. The maximum atomic E-state index is 12.7. The minimum absolute atomic E-state index is 0.125. The van der Waals surface area contributed by atoms with Crippen LogP contribution in [0, 0.1) is 6.92 Å². The van der Waals surface area contributed by atoms with Crippen molar-refractivity contribution in [3.8, 4) is 0 Å². The van der Waals surface area contributed by atoms with Gasteiger partial charge in [-0.3, -0.25) is 19.4 Å². The second-order valence-corrected chi connectivity index (χ2v) is 6.24. The molecule has 3 aromatic rings. The molecule has 2 aromatic heterocycles. The lowest BCUT2D eigenvalue weighted by atomic mass is 10.2. The molecule has 7 nitrogen and oxygen atoms in total. The Bertz CT molecular complexity index is 1030. The quantitative estimate of drug-likeness (QED) is 0.689.